The first-order chi connectivity index (χ1) is 14.5. The number of nitrogens with one attached hydrogen (secondary N) is 1. The molecule has 0 atom stereocenters. The first-order valence-electron chi connectivity index (χ1n) is 8.91. The van der Waals surface area contributed by atoms with Crippen LogP contribution in [-0.2, 0) is 4.79 Å². The number of carboxylic acid groups (broad SMARTS) is 1. The quantitative estimate of drug-likeness (QED) is 0.460. The fourth-order valence-electron chi connectivity index (χ4n) is 2.86. The second-order valence-corrected chi connectivity index (χ2v) is 6.78. The summed E-state index contributed by atoms with van der Waals surface area (Å²) in [4.78, 5) is 27.9. The molecule has 0 saturated heterocycles. The maximum absolute atomic E-state index is 12.5. The third-order valence-electron chi connectivity index (χ3n) is 4.20. The van der Waals surface area contributed by atoms with E-state index in [0.717, 1.165) is 0 Å². The zero-order chi connectivity index (χ0) is 21.1. The van der Waals surface area contributed by atoms with E-state index in [1.54, 1.807) is 48.5 Å². The van der Waals surface area contributed by atoms with Crippen LogP contribution in [0.4, 0.5) is 5.69 Å². The summed E-state index contributed by atoms with van der Waals surface area (Å²) in [5.41, 5.74) is 2.53. The minimum Gasteiger partial charge on any atom is -0.481 e. The molecule has 150 valence electrons. The Kier molecular flexibility index (Phi) is 5.36. The molecule has 0 aliphatic rings. The Balaban J connectivity index is 1.67. The van der Waals surface area contributed by atoms with Crippen LogP contribution in [0.15, 0.2) is 71.1 Å². The van der Waals surface area contributed by atoms with E-state index in [1.165, 1.54) is 6.07 Å². The number of benzene rings is 3. The summed E-state index contributed by atoms with van der Waals surface area (Å²) in [6, 6.07) is 18.6. The van der Waals surface area contributed by atoms with Crippen molar-refractivity contribution in [1.29, 1.82) is 0 Å². The number of aromatic nitrogens is 1. The van der Waals surface area contributed by atoms with Gasteiger partial charge in [-0.3, -0.25) is 4.79 Å². The molecule has 0 bridgehead atoms. The Bertz CT molecular complexity index is 1220. The van der Waals surface area contributed by atoms with Crippen molar-refractivity contribution in [2.45, 2.75) is 0 Å². The van der Waals surface area contributed by atoms with Crippen LogP contribution in [0.3, 0.4) is 0 Å². The van der Waals surface area contributed by atoms with Crippen molar-refractivity contribution in [1.82, 2.24) is 4.98 Å². The average molecular weight is 423 g/mol. The molecule has 2 N–H and O–H groups in total. The predicted octanol–water partition coefficient (Wildman–Crippen LogP) is 4.86. The average Bonchev–Trinajstić information content (AvgIpc) is 3.16. The molecule has 0 unspecified atom stereocenters. The van der Waals surface area contributed by atoms with Crippen LogP contribution in [0.2, 0.25) is 5.02 Å². The van der Waals surface area contributed by atoms with Crippen molar-refractivity contribution in [3.05, 3.63) is 77.3 Å². The van der Waals surface area contributed by atoms with E-state index in [0.29, 0.717) is 32.9 Å². The zero-order valence-corrected chi connectivity index (χ0v) is 16.2. The molecule has 30 heavy (non-hydrogen) atoms. The SMILES string of the molecule is O=C(O)COc1cc(NC(=O)c2cccc(Cl)c2)ccc1-c1nc2ccccc2o1. The van der Waals surface area contributed by atoms with Crippen molar-refractivity contribution < 1.29 is 23.8 Å². The summed E-state index contributed by atoms with van der Waals surface area (Å²) in [5.74, 6) is -1.000. The lowest BCUT2D eigenvalue weighted by molar-refractivity contribution is -0.139. The van der Waals surface area contributed by atoms with Gasteiger partial charge in [-0.2, -0.15) is 0 Å². The number of carboxylic acids is 1. The van der Waals surface area contributed by atoms with Gasteiger partial charge in [0.1, 0.15) is 11.3 Å². The standard InChI is InChI=1S/C22H15ClN2O5/c23-14-5-3-4-13(10-14)21(28)24-15-8-9-16(19(11-15)29-12-20(26)27)22-25-17-6-1-2-7-18(17)30-22/h1-11H,12H2,(H,24,28)(H,26,27). The molecular formula is C22H15ClN2O5. The second-order valence-electron chi connectivity index (χ2n) is 6.34. The molecule has 1 heterocycles. The number of halogens is 1. The number of oxazole rings is 1. The number of hydrogen-bond donors (Lipinski definition) is 2. The van der Waals surface area contributed by atoms with Crippen LogP contribution in [-0.4, -0.2) is 28.6 Å². The van der Waals surface area contributed by atoms with Gasteiger partial charge in [0.2, 0.25) is 5.89 Å². The van der Waals surface area contributed by atoms with E-state index in [1.807, 2.05) is 12.1 Å². The van der Waals surface area contributed by atoms with Gasteiger partial charge in [-0.1, -0.05) is 29.8 Å². The molecule has 7 nitrogen and oxygen atoms in total. The molecule has 0 aliphatic heterocycles. The van der Waals surface area contributed by atoms with E-state index < -0.39 is 12.6 Å². The highest BCUT2D eigenvalue weighted by Crippen LogP contribution is 2.34. The number of ether oxygens (including phenoxy) is 1. The summed E-state index contributed by atoms with van der Waals surface area (Å²) in [5, 5.41) is 12.2. The highest BCUT2D eigenvalue weighted by atomic mass is 35.5. The van der Waals surface area contributed by atoms with Gasteiger partial charge in [0.25, 0.3) is 5.91 Å². The number of para-hydroxylation sites is 2. The van der Waals surface area contributed by atoms with Crippen LogP contribution in [0.1, 0.15) is 10.4 Å². The summed E-state index contributed by atoms with van der Waals surface area (Å²) in [6.45, 7) is -0.557. The molecule has 4 rings (SSSR count). The van der Waals surface area contributed by atoms with Gasteiger partial charge in [-0.05, 0) is 42.5 Å². The van der Waals surface area contributed by atoms with Crippen LogP contribution in [0.5, 0.6) is 5.75 Å². The molecule has 4 aromatic rings. The molecular weight excluding hydrogens is 408 g/mol. The summed E-state index contributed by atoms with van der Waals surface area (Å²) in [6.07, 6.45) is 0. The molecule has 0 aliphatic carbocycles. The van der Waals surface area contributed by atoms with E-state index >= 15 is 0 Å². The number of aliphatic carboxylic acids is 1. The monoisotopic (exact) mass is 422 g/mol. The minimum absolute atomic E-state index is 0.216. The number of amides is 1. The highest BCUT2D eigenvalue weighted by Gasteiger charge is 2.16. The van der Waals surface area contributed by atoms with Crippen LogP contribution >= 0.6 is 11.6 Å². The van der Waals surface area contributed by atoms with E-state index in [9.17, 15) is 9.59 Å². The highest BCUT2D eigenvalue weighted by molar-refractivity contribution is 6.31. The number of fused-ring (bicyclic) bond motifs is 1. The molecule has 0 radical (unpaired) electrons. The Labute approximate surface area is 175 Å². The van der Waals surface area contributed by atoms with Crippen LogP contribution in [0.25, 0.3) is 22.6 Å². The number of carbonyl (C=O) groups excluding carboxylic acids is 1. The number of hydrogen-bond acceptors (Lipinski definition) is 5. The zero-order valence-electron chi connectivity index (χ0n) is 15.5. The molecule has 0 saturated carbocycles. The van der Waals surface area contributed by atoms with Crippen molar-refractivity contribution >= 4 is 40.3 Å². The minimum atomic E-state index is -1.13. The maximum Gasteiger partial charge on any atom is 0.341 e. The van der Waals surface area contributed by atoms with Gasteiger partial charge in [0.15, 0.2) is 12.2 Å². The first kappa shape index (κ1) is 19.5. The lowest BCUT2D eigenvalue weighted by Crippen LogP contribution is -2.13. The summed E-state index contributed by atoms with van der Waals surface area (Å²) in [7, 11) is 0. The van der Waals surface area contributed by atoms with E-state index in [-0.39, 0.29) is 17.5 Å². The van der Waals surface area contributed by atoms with Crippen molar-refractivity contribution in [3.63, 3.8) is 0 Å². The van der Waals surface area contributed by atoms with Crippen molar-refractivity contribution in [2.24, 2.45) is 0 Å². The molecule has 3 aromatic carbocycles. The Morgan fingerprint density at radius 1 is 1.07 bits per heavy atom. The Morgan fingerprint density at radius 3 is 2.67 bits per heavy atom. The fraction of sp³-hybridized carbons (Fsp3) is 0.0455. The third kappa shape index (κ3) is 4.26. The lowest BCUT2D eigenvalue weighted by atomic mass is 10.1. The Hall–Kier alpha value is -3.84. The van der Waals surface area contributed by atoms with Gasteiger partial charge < -0.3 is 19.6 Å². The number of anilines is 1. The van der Waals surface area contributed by atoms with Gasteiger partial charge in [0, 0.05) is 22.3 Å². The predicted molar refractivity (Wildman–Crippen MR) is 112 cm³/mol. The largest absolute Gasteiger partial charge is 0.481 e. The lowest BCUT2D eigenvalue weighted by Gasteiger charge is -2.11. The summed E-state index contributed by atoms with van der Waals surface area (Å²) >= 11 is 5.94. The second kappa shape index (κ2) is 8.26. The molecule has 1 aromatic heterocycles. The van der Waals surface area contributed by atoms with Gasteiger partial charge in [-0.25, -0.2) is 9.78 Å². The Morgan fingerprint density at radius 2 is 1.90 bits per heavy atom. The van der Waals surface area contributed by atoms with Gasteiger partial charge >= 0.3 is 5.97 Å². The third-order valence-corrected chi connectivity index (χ3v) is 4.44. The summed E-state index contributed by atoms with van der Waals surface area (Å²) < 4.78 is 11.2. The molecule has 0 spiro atoms. The van der Waals surface area contributed by atoms with Crippen molar-refractivity contribution in [3.8, 4) is 17.2 Å². The number of carbonyl (C=O) groups is 2. The molecule has 1 amide bonds. The molecule has 8 heteroatoms. The van der Waals surface area contributed by atoms with Crippen LogP contribution in [0, 0.1) is 0 Å². The van der Waals surface area contributed by atoms with Gasteiger partial charge in [-0.15, -0.1) is 0 Å². The van der Waals surface area contributed by atoms with E-state index in [4.69, 9.17) is 25.9 Å². The number of rotatable bonds is 6. The normalized spacial score (nSPS) is 10.7. The molecule has 0 fully saturated rings. The van der Waals surface area contributed by atoms with Crippen molar-refractivity contribution in [2.75, 3.05) is 11.9 Å². The maximum atomic E-state index is 12.5. The first-order valence-corrected chi connectivity index (χ1v) is 9.29. The van der Waals surface area contributed by atoms with Gasteiger partial charge in [0.05, 0.1) is 5.56 Å². The van der Waals surface area contributed by atoms with E-state index in [2.05, 4.69) is 10.3 Å². The van der Waals surface area contributed by atoms with Crippen LogP contribution < -0.4 is 10.1 Å². The fourth-order valence-corrected chi connectivity index (χ4v) is 3.05. The smallest absolute Gasteiger partial charge is 0.341 e. The topological polar surface area (TPSA) is 102 Å². The number of nitrogens with zero attached hydrogens (tertiary/aromatic N) is 1.